The number of benzene rings is 1. The summed E-state index contributed by atoms with van der Waals surface area (Å²) in [5, 5.41) is 22.6. The van der Waals surface area contributed by atoms with Crippen LogP contribution in [-0.4, -0.2) is 22.5 Å². The van der Waals surface area contributed by atoms with E-state index in [-0.39, 0.29) is 24.1 Å². The van der Waals surface area contributed by atoms with Crippen LogP contribution in [0, 0.1) is 16.0 Å². The van der Waals surface area contributed by atoms with Gasteiger partial charge in [0.15, 0.2) is 0 Å². The number of aliphatic hydroxyl groups excluding tert-OH is 1. The first-order valence-corrected chi connectivity index (χ1v) is 5.31. The number of nitro benzene ring substituents is 1. The Morgan fingerprint density at radius 2 is 2.35 bits per heavy atom. The Morgan fingerprint density at radius 1 is 1.59 bits per heavy atom. The average molecular weight is 234 g/mol. The molecule has 17 heavy (non-hydrogen) atoms. The maximum Gasteiger partial charge on any atom is 0.269 e. The third-order valence-corrected chi connectivity index (χ3v) is 3.67. The molecule has 2 aliphatic rings. The van der Waals surface area contributed by atoms with Crippen molar-refractivity contribution in [1.82, 2.24) is 0 Å². The number of amides is 1. The molecule has 6 heteroatoms. The fourth-order valence-electron chi connectivity index (χ4n) is 2.64. The number of aliphatic hydroxyl groups is 1. The second-order valence-electron chi connectivity index (χ2n) is 4.50. The van der Waals surface area contributed by atoms with Gasteiger partial charge in [-0.3, -0.25) is 14.9 Å². The highest BCUT2D eigenvalue weighted by atomic mass is 16.6. The molecule has 0 radical (unpaired) electrons. The summed E-state index contributed by atoms with van der Waals surface area (Å²) in [5.41, 5.74) is 0.520. The summed E-state index contributed by atoms with van der Waals surface area (Å²) in [6, 6.07) is 4.35. The number of rotatable bonds is 2. The predicted octanol–water partition coefficient (Wildman–Crippen LogP) is 0.797. The molecule has 1 fully saturated rings. The third-order valence-electron chi connectivity index (χ3n) is 3.67. The summed E-state index contributed by atoms with van der Waals surface area (Å²) in [4.78, 5) is 22.1. The zero-order valence-electron chi connectivity index (χ0n) is 8.84. The second kappa shape index (κ2) is 3.04. The van der Waals surface area contributed by atoms with E-state index in [0.29, 0.717) is 17.7 Å². The number of nitrogens with zero attached hydrogens (tertiary/aromatic N) is 1. The number of carbonyl (C=O) groups is 1. The maximum atomic E-state index is 11.9. The lowest BCUT2D eigenvalue weighted by Crippen LogP contribution is -2.22. The minimum atomic E-state index is -0.726. The van der Waals surface area contributed by atoms with Crippen molar-refractivity contribution in [2.75, 3.05) is 11.9 Å². The van der Waals surface area contributed by atoms with Crippen molar-refractivity contribution < 1.29 is 14.8 Å². The van der Waals surface area contributed by atoms with Crippen molar-refractivity contribution in [2.24, 2.45) is 5.92 Å². The number of fused-ring (bicyclic) bond motifs is 2. The van der Waals surface area contributed by atoms with E-state index in [9.17, 15) is 14.9 Å². The number of anilines is 1. The number of hydrogen-bond donors (Lipinski definition) is 2. The Hall–Kier alpha value is -1.95. The summed E-state index contributed by atoms with van der Waals surface area (Å²) < 4.78 is 0. The molecule has 2 N–H and O–H groups in total. The first-order chi connectivity index (χ1) is 8.09. The van der Waals surface area contributed by atoms with Crippen LogP contribution in [0.1, 0.15) is 12.0 Å². The van der Waals surface area contributed by atoms with Crippen molar-refractivity contribution >= 4 is 17.3 Å². The number of non-ortho nitro benzene ring substituents is 1. The molecule has 1 spiro atoms. The standard InChI is InChI=1S/C11H10N2O4/c14-5-6-4-11(6)8-3-7(13(16)17)1-2-9(8)12-10(11)15/h1-3,6,14H,4-5H2,(H,12,15). The molecular formula is C11H10N2O4. The molecule has 1 heterocycles. The number of hydrogen-bond acceptors (Lipinski definition) is 4. The normalized spacial score (nSPS) is 29.0. The van der Waals surface area contributed by atoms with Gasteiger partial charge in [-0.1, -0.05) is 0 Å². The largest absolute Gasteiger partial charge is 0.396 e. The van der Waals surface area contributed by atoms with Gasteiger partial charge in [0, 0.05) is 30.3 Å². The van der Waals surface area contributed by atoms with Crippen molar-refractivity contribution in [3.63, 3.8) is 0 Å². The van der Waals surface area contributed by atoms with Crippen molar-refractivity contribution in [1.29, 1.82) is 0 Å². The summed E-state index contributed by atoms with van der Waals surface area (Å²) in [6.07, 6.45) is 0.559. The second-order valence-corrected chi connectivity index (χ2v) is 4.50. The monoisotopic (exact) mass is 234 g/mol. The maximum absolute atomic E-state index is 11.9. The van der Waals surface area contributed by atoms with E-state index < -0.39 is 10.3 Å². The summed E-state index contributed by atoms with van der Waals surface area (Å²) in [6.45, 7) is -0.0739. The zero-order valence-corrected chi connectivity index (χ0v) is 8.84. The van der Waals surface area contributed by atoms with E-state index in [2.05, 4.69) is 5.32 Å². The van der Waals surface area contributed by atoms with Crippen molar-refractivity contribution in [3.8, 4) is 0 Å². The third kappa shape index (κ3) is 1.15. The van der Waals surface area contributed by atoms with Gasteiger partial charge in [0.25, 0.3) is 5.69 Å². The van der Waals surface area contributed by atoms with Gasteiger partial charge in [0.2, 0.25) is 5.91 Å². The molecule has 0 aromatic heterocycles. The van der Waals surface area contributed by atoms with E-state index in [4.69, 9.17) is 5.11 Å². The molecule has 0 bridgehead atoms. The Labute approximate surface area is 96.4 Å². The highest BCUT2D eigenvalue weighted by Gasteiger charge is 2.64. The molecule has 2 unspecified atom stereocenters. The Morgan fingerprint density at radius 3 is 2.94 bits per heavy atom. The molecule has 1 aliphatic heterocycles. The lowest BCUT2D eigenvalue weighted by atomic mass is 9.94. The topological polar surface area (TPSA) is 92.5 Å². The minimum Gasteiger partial charge on any atom is -0.396 e. The summed E-state index contributed by atoms with van der Waals surface area (Å²) in [7, 11) is 0. The number of carbonyl (C=O) groups excluding carboxylic acids is 1. The zero-order chi connectivity index (χ0) is 12.2. The van der Waals surface area contributed by atoms with Crippen LogP contribution in [0.3, 0.4) is 0 Å². The Balaban J connectivity index is 2.12. The number of nitro groups is 1. The first-order valence-electron chi connectivity index (χ1n) is 5.31. The SMILES string of the molecule is O=C1Nc2ccc([N+](=O)[O-])cc2C12CC2CO. The minimum absolute atomic E-state index is 0.0248. The quantitative estimate of drug-likeness (QED) is 0.584. The van der Waals surface area contributed by atoms with E-state index >= 15 is 0 Å². The lowest BCUT2D eigenvalue weighted by molar-refractivity contribution is -0.384. The molecule has 3 rings (SSSR count). The van der Waals surface area contributed by atoms with Gasteiger partial charge in [-0.25, -0.2) is 0 Å². The predicted molar refractivity (Wildman–Crippen MR) is 58.6 cm³/mol. The Bertz CT molecular complexity index is 542. The van der Waals surface area contributed by atoms with Crippen LogP contribution in [0.4, 0.5) is 11.4 Å². The van der Waals surface area contributed by atoms with Crippen LogP contribution in [0.15, 0.2) is 18.2 Å². The Kier molecular flexibility index (Phi) is 1.83. The molecule has 0 saturated heterocycles. The highest BCUT2D eigenvalue weighted by Crippen LogP contribution is 2.60. The lowest BCUT2D eigenvalue weighted by Gasteiger charge is -2.06. The van der Waals surface area contributed by atoms with Gasteiger partial charge in [-0.2, -0.15) is 0 Å². The average Bonchev–Trinajstić information content (AvgIpc) is 2.97. The van der Waals surface area contributed by atoms with Crippen LogP contribution < -0.4 is 5.32 Å². The van der Waals surface area contributed by atoms with Crippen LogP contribution in [0.2, 0.25) is 0 Å². The molecule has 1 aliphatic carbocycles. The van der Waals surface area contributed by atoms with E-state index in [1.54, 1.807) is 6.07 Å². The van der Waals surface area contributed by atoms with Crippen LogP contribution >= 0.6 is 0 Å². The molecule has 1 aromatic carbocycles. The fraction of sp³-hybridized carbons (Fsp3) is 0.364. The molecule has 1 amide bonds. The molecule has 1 saturated carbocycles. The van der Waals surface area contributed by atoms with Crippen molar-refractivity contribution in [3.05, 3.63) is 33.9 Å². The molecular weight excluding hydrogens is 224 g/mol. The van der Waals surface area contributed by atoms with Gasteiger partial charge in [-0.05, 0) is 18.1 Å². The van der Waals surface area contributed by atoms with E-state index in [0.717, 1.165) is 0 Å². The van der Waals surface area contributed by atoms with E-state index in [1.807, 2.05) is 0 Å². The summed E-state index contributed by atoms with van der Waals surface area (Å²) in [5.74, 6) is -0.280. The van der Waals surface area contributed by atoms with Gasteiger partial charge >= 0.3 is 0 Å². The van der Waals surface area contributed by atoms with Gasteiger partial charge in [0.1, 0.15) is 0 Å². The van der Waals surface area contributed by atoms with Gasteiger partial charge in [0.05, 0.1) is 10.3 Å². The van der Waals surface area contributed by atoms with Crippen molar-refractivity contribution in [2.45, 2.75) is 11.8 Å². The molecule has 2 atom stereocenters. The molecule has 88 valence electrons. The van der Waals surface area contributed by atoms with Gasteiger partial charge < -0.3 is 10.4 Å². The van der Waals surface area contributed by atoms with Crippen LogP contribution in [-0.2, 0) is 10.2 Å². The fourth-order valence-corrected chi connectivity index (χ4v) is 2.64. The van der Waals surface area contributed by atoms with Crippen LogP contribution in [0.5, 0.6) is 0 Å². The highest BCUT2D eigenvalue weighted by molar-refractivity contribution is 6.09. The number of nitrogens with one attached hydrogen (secondary N) is 1. The first kappa shape index (κ1) is 10.2. The van der Waals surface area contributed by atoms with E-state index in [1.165, 1.54) is 12.1 Å². The van der Waals surface area contributed by atoms with Crippen LogP contribution in [0.25, 0.3) is 0 Å². The molecule has 1 aromatic rings. The molecule has 6 nitrogen and oxygen atoms in total. The van der Waals surface area contributed by atoms with Gasteiger partial charge in [-0.15, -0.1) is 0 Å². The summed E-state index contributed by atoms with van der Waals surface area (Å²) >= 11 is 0. The smallest absolute Gasteiger partial charge is 0.269 e.